The van der Waals surface area contributed by atoms with E-state index in [2.05, 4.69) is 42.4 Å². The van der Waals surface area contributed by atoms with Gasteiger partial charge in [-0.3, -0.25) is 4.79 Å². The Hall–Kier alpha value is -2.63. The maximum atomic E-state index is 12.6. The van der Waals surface area contributed by atoms with Crippen LogP contribution in [0.1, 0.15) is 61.1 Å². The van der Waals surface area contributed by atoms with E-state index in [0.717, 1.165) is 36.8 Å². The van der Waals surface area contributed by atoms with Crippen LogP contribution in [0, 0.1) is 22.7 Å². The number of hydrogen-bond donors (Lipinski definition) is 1. The Morgan fingerprint density at radius 2 is 2.12 bits per heavy atom. The first-order valence-electron chi connectivity index (χ1n) is 11.2. The van der Waals surface area contributed by atoms with Gasteiger partial charge in [-0.2, -0.15) is 5.26 Å². The lowest BCUT2D eigenvalue weighted by atomic mass is 9.69. The van der Waals surface area contributed by atoms with Gasteiger partial charge >= 0.3 is 0 Å². The second-order valence-corrected chi connectivity index (χ2v) is 11.1. The minimum Gasteiger partial charge on any atom is -0.416 e. The molecule has 4 rings (SSSR count). The van der Waals surface area contributed by atoms with Crippen LogP contribution in [0.25, 0.3) is 0 Å². The van der Waals surface area contributed by atoms with Gasteiger partial charge in [0.05, 0.1) is 17.7 Å². The summed E-state index contributed by atoms with van der Waals surface area (Å²) < 4.78 is 5.66. The van der Waals surface area contributed by atoms with Crippen LogP contribution in [0.3, 0.4) is 0 Å². The quantitative estimate of drug-likeness (QED) is 0.406. The van der Waals surface area contributed by atoms with Gasteiger partial charge in [0.25, 0.3) is 5.22 Å². The molecule has 1 aliphatic rings. The van der Waals surface area contributed by atoms with Crippen molar-refractivity contribution in [2.24, 2.45) is 11.3 Å². The summed E-state index contributed by atoms with van der Waals surface area (Å²) in [6, 6.07) is 12.2. The normalized spacial score (nSPS) is 15.6. The van der Waals surface area contributed by atoms with E-state index in [4.69, 9.17) is 4.42 Å². The number of carbonyl (C=O) groups is 1. The van der Waals surface area contributed by atoms with E-state index >= 15 is 0 Å². The van der Waals surface area contributed by atoms with Crippen LogP contribution in [0.4, 0.5) is 5.00 Å². The van der Waals surface area contributed by atoms with Crippen LogP contribution < -0.4 is 5.32 Å². The first kappa shape index (κ1) is 23.5. The summed E-state index contributed by atoms with van der Waals surface area (Å²) in [7, 11) is 0. The first-order valence-corrected chi connectivity index (χ1v) is 13.0. The lowest BCUT2D eigenvalue weighted by Gasteiger charge is -2.36. The number of hydrogen-bond acceptors (Lipinski definition) is 7. The Balaban J connectivity index is 1.36. The first-order chi connectivity index (χ1) is 15.9. The molecule has 3 aromatic rings. The fraction of sp³-hybridized carbons (Fsp3) is 0.440. The number of thiophene rings is 1. The van der Waals surface area contributed by atoms with Gasteiger partial charge in [-0.05, 0) is 41.7 Å². The zero-order chi connectivity index (χ0) is 23.4. The van der Waals surface area contributed by atoms with Crippen molar-refractivity contribution in [3.8, 4) is 6.07 Å². The number of fused-ring (bicyclic) bond motifs is 1. The molecular weight excluding hydrogens is 452 g/mol. The fourth-order valence-corrected chi connectivity index (χ4v) is 6.05. The van der Waals surface area contributed by atoms with Crippen molar-refractivity contribution in [2.45, 2.75) is 58.1 Å². The topological polar surface area (TPSA) is 91.8 Å². The van der Waals surface area contributed by atoms with Gasteiger partial charge < -0.3 is 9.73 Å². The maximum absolute atomic E-state index is 12.6. The van der Waals surface area contributed by atoms with Crippen LogP contribution in [-0.2, 0) is 24.1 Å². The molecule has 8 heteroatoms. The molecule has 6 nitrogen and oxygen atoms in total. The number of aromatic nitrogens is 2. The lowest BCUT2D eigenvalue weighted by molar-refractivity contribution is -0.113. The van der Waals surface area contributed by atoms with Crippen molar-refractivity contribution < 1.29 is 9.21 Å². The summed E-state index contributed by atoms with van der Waals surface area (Å²) in [4.78, 5) is 13.9. The molecule has 2 heterocycles. The van der Waals surface area contributed by atoms with Gasteiger partial charge in [0.15, 0.2) is 0 Å². The maximum Gasteiger partial charge on any atom is 0.277 e. The van der Waals surface area contributed by atoms with E-state index in [9.17, 15) is 10.1 Å². The number of nitriles is 1. The number of nitrogens with one attached hydrogen (secondary N) is 1. The number of benzene rings is 1. The molecule has 0 unspecified atom stereocenters. The highest BCUT2D eigenvalue weighted by atomic mass is 32.2. The monoisotopic (exact) mass is 480 g/mol. The highest BCUT2D eigenvalue weighted by Gasteiger charge is 2.34. The SMILES string of the molecule is CCC(C)(C)[C@H]1CCc2c(sc(NC(=O)CSc3nnc(Cc4ccccc4)o3)c2C#N)C1. The summed E-state index contributed by atoms with van der Waals surface area (Å²) >= 11 is 2.76. The fourth-order valence-electron chi connectivity index (χ4n) is 4.18. The molecule has 172 valence electrons. The molecule has 0 saturated carbocycles. The van der Waals surface area contributed by atoms with Gasteiger partial charge in [-0.25, -0.2) is 0 Å². The molecular formula is C25H28N4O2S2. The highest BCUT2D eigenvalue weighted by Crippen LogP contribution is 2.45. The molecule has 1 amide bonds. The average Bonchev–Trinajstić information content (AvgIpc) is 3.41. The second kappa shape index (κ2) is 10.1. The van der Waals surface area contributed by atoms with Crippen LogP contribution in [-0.4, -0.2) is 21.9 Å². The Labute approximate surface area is 202 Å². The predicted molar refractivity (Wildman–Crippen MR) is 132 cm³/mol. The van der Waals surface area contributed by atoms with Crippen molar-refractivity contribution in [2.75, 3.05) is 11.1 Å². The van der Waals surface area contributed by atoms with Gasteiger partial charge in [0, 0.05) is 4.88 Å². The Bertz CT molecular complexity index is 1160. The summed E-state index contributed by atoms with van der Waals surface area (Å²) in [6.45, 7) is 6.89. The van der Waals surface area contributed by atoms with Crippen molar-refractivity contribution in [3.05, 3.63) is 57.8 Å². The molecule has 0 aliphatic heterocycles. The van der Waals surface area contributed by atoms with E-state index in [1.165, 1.54) is 16.6 Å². The van der Waals surface area contributed by atoms with Crippen LogP contribution >= 0.6 is 23.1 Å². The van der Waals surface area contributed by atoms with E-state index < -0.39 is 0 Å². The van der Waals surface area contributed by atoms with E-state index in [-0.39, 0.29) is 17.1 Å². The molecule has 0 radical (unpaired) electrons. The molecule has 0 bridgehead atoms. The number of amides is 1. The highest BCUT2D eigenvalue weighted by molar-refractivity contribution is 7.99. The Kier molecular flexibility index (Phi) is 7.20. The third kappa shape index (κ3) is 5.48. The molecule has 0 spiro atoms. The molecule has 0 saturated heterocycles. The Morgan fingerprint density at radius 3 is 2.85 bits per heavy atom. The van der Waals surface area contributed by atoms with Crippen LogP contribution in [0.2, 0.25) is 0 Å². The molecule has 1 aromatic carbocycles. The largest absolute Gasteiger partial charge is 0.416 e. The average molecular weight is 481 g/mol. The number of nitrogens with zero attached hydrogens (tertiary/aromatic N) is 3. The minimum atomic E-state index is -0.177. The van der Waals surface area contributed by atoms with Crippen LogP contribution in [0.5, 0.6) is 0 Å². The van der Waals surface area contributed by atoms with Crippen molar-refractivity contribution in [3.63, 3.8) is 0 Å². The molecule has 1 atom stereocenters. The van der Waals surface area contributed by atoms with Gasteiger partial charge in [0.2, 0.25) is 11.8 Å². The van der Waals surface area contributed by atoms with E-state index in [1.807, 2.05) is 30.3 Å². The summed E-state index contributed by atoms with van der Waals surface area (Å²) in [5.74, 6) is 1.09. The molecule has 2 aromatic heterocycles. The summed E-state index contributed by atoms with van der Waals surface area (Å²) in [5.41, 5.74) is 3.11. The van der Waals surface area contributed by atoms with Gasteiger partial charge in [0.1, 0.15) is 11.1 Å². The third-order valence-corrected chi connectivity index (χ3v) is 8.61. The van der Waals surface area contributed by atoms with Crippen molar-refractivity contribution in [1.82, 2.24) is 10.2 Å². The molecule has 1 aliphatic carbocycles. The second-order valence-electron chi connectivity index (χ2n) is 9.06. The van der Waals surface area contributed by atoms with E-state index in [0.29, 0.717) is 34.0 Å². The summed E-state index contributed by atoms with van der Waals surface area (Å²) in [5, 5.41) is 21.8. The standard InChI is InChI=1S/C25H28N4O2S2/c1-4-25(2,3)17-10-11-18-19(14-26)23(33-20(18)13-17)27-21(30)15-32-24-29-28-22(31-24)12-16-8-6-5-7-9-16/h5-9,17H,4,10-13,15H2,1-3H3,(H,27,30)/t17-/m0/s1. The zero-order valence-corrected chi connectivity index (χ0v) is 20.8. The number of rotatable bonds is 8. The minimum absolute atomic E-state index is 0.145. The van der Waals surface area contributed by atoms with Crippen LogP contribution in [0.15, 0.2) is 40.0 Å². The molecule has 33 heavy (non-hydrogen) atoms. The Morgan fingerprint density at radius 1 is 1.33 bits per heavy atom. The van der Waals surface area contributed by atoms with Crippen molar-refractivity contribution >= 4 is 34.0 Å². The zero-order valence-electron chi connectivity index (χ0n) is 19.2. The van der Waals surface area contributed by atoms with Gasteiger partial charge in [-0.15, -0.1) is 21.5 Å². The number of thioether (sulfide) groups is 1. The molecule has 1 N–H and O–H groups in total. The number of anilines is 1. The third-order valence-electron chi connectivity index (χ3n) is 6.62. The van der Waals surface area contributed by atoms with E-state index in [1.54, 1.807) is 11.3 Å². The molecule has 0 fully saturated rings. The smallest absolute Gasteiger partial charge is 0.277 e. The lowest BCUT2D eigenvalue weighted by Crippen LogP contribution is -2.28. The van der Waals surface area contributed by atoms with Gasteiger partial charge in [-0.1, -0.05) is 69.3 Å². The number of carbonyl (C=O) groups excluding carboxylic acids is 1. The predicted octanol–water partition coefficient (Wildman–Crippen LogP) is 5.87. The van der Waals surface area contributed by atoms with Crippen molar-refractivity contribution in [1.29, 1.82) is 5.26 Å². The summed E-state index contributed by atoms with van der Waals surface area (Å²) in [6.07, 6.45) is 4.66.